The number of imidazole rings is 1. The molecule has 0 aliphatic carbocycles. The Balaban J connectivity index is 2.00. The van der Waals surface area contributed by atoms with Crippen molar-refractivity contribution in [2.24, 2.45) is 0 Å². The number of thioether (sulfide) groups is 1. The molecule has 0 amide bonds. The van der Waals surface area contributed by atoms with Gasteiger partial charge in [0.15, 0.2) is 10.8 Å². The molecule has 1 saturated heterocycles. The van der Waals surface area contributed by atoms with Crippen LogP contribution < -0.4 is 0 Å². The quantitative estimate of drug-likeness (QED) is 0.870. The molecule has 1 aliphatic heterocycles. The zero-order chi connectivity index (χ0) is 14.8. The molecule has 1 aliphatic rings. The lowest BCUT2D eigenvalue weighted by atomic mass is 10.1. The van der Waals surface area contributed by atoms with E-state index in [1.165, 1.54) is 11.8 Å². The number of aromatic nitrogens is 3. The van der Waals surface area contributed by atoms with E-state index in [1.54, 1.807) is 6.20 Å². The molecule has 0 spiro atoms. The molecular weight excluding hydrogens is 288 g/mol. The number of aliphatic carboxylic acids is 1. The molecule has 0 saturated carbocycles. The maximum atomic E-state index is 10.8. The molecule has 1 fully saturated rings. The van der Waals surface area contributed by atoms with Crippen LogP contribution in [-0.4, -0.2) is 56.4 Å². The van der Waals surface area contributed by atoms with Crippen molar-refractivity contribution in [3.63, 3.8) is 0 Å². The molecule has 7 heteroatoms. The summed E-state index contributed by atoms with van der Waals surface area (Å²) < 4.78 is 2.12. The standard InChI is InChI=1S/C14H18N4O2S/c1-17-7-3-4-10(8-17)18-13-11(5-2-6-15-13)16-14(18)21-9-12(19)20/h2,5-6,10H,3-4,7-9H2,1H3,(H,19,20). The monoisotopic (exact) mass is 306 g/mol. The second-order valence-corrected chi connectivity index (χ2v) is 6.29. The van der Waals surface area contributed by atoms with Crippen LogP contribution in [0.4, 0.5) is 0 Å². The van der Waals surface area contributed by atoms with E-state index in [2.05, 4.69) is 26.5 Å². The minimum atomic E-state index is -0.827. The lowest BCUT2D eigenvalue weighted by Gasteiger charge is -2.31. The van der Waals surface area contributed by atoms with E-state index in [1.807, 2.05) is 12.1 Å². The van der Waals surface area contributed by atoms with Gasteiger partial charge in [0.1, 0.15) is 5.52 Å². The normalized spacial score (nSPS) is 20.0. The number of piperidine rings is 1. The van der Waals surface area contributed by atoms with Gasteiger partial charge in [-0.3, -0.25) is 9.36 Å². The van der Waals surface area contributed by atoms with Crippen LogP contribution >= 0.6 is 11.8 Å². The van der Waals surface area contributed by atoms with E-state index in [9.17, 15) is 4.79 Å². The van der Waals surface area contributed by atoms with Crippen molar-refractivity contribution in [1.29, 1.82) is 0 Å². The van der Waals surface area contributed by atoms with Gasteiger partial charge in [0.2, 0.25) is 0 Å². The number of carbonyl (C=O) groups is 1. The number of nitrogens with zero attached hydrogens (tertiary/aromatic N) is 4. The Labute approximate surface area is 127 Å². The molecule has 2 aromatic heterocycles. The van der Waals surface area contributed by atoms with Crippen molar-refractivity contribution < 1.29 is 9.90 Å². The van der Waals surface area contributed by atoms with Gasteiger partial charge in [-0.05, 0) is 38.6 Å². The van der Waals surface area contributed by atoms with Crippen molar-refractivity contribution in [3.05, 3.63) is 18.3 Å². The number of hydrogen-bond donors (Lipinski definition) is 1. The topological polar surface area (TPSA) is 71.2 Å². The molecule has 112 valence electrons. The summed E-state index contributed by atoms with van der Waals surface area (Å²) in [6, 6.07) is 4.09. The summed E-state index contributed by atoms with van der Waals surface area (Å²) in [4.78, 5) is 22.2. The maximum absolute atomic E-state index is 10.8. The summed E-state index contributed by atoms with van der Waals surface area (Å²) >= 11 is 1.27. The average molecular weight is 306 g/mol. The molecule has 1 unspecified atom stereocenters. The zero-order valence-corrected chi connectivity index (χ0v) is 12.7. The molecule has 2 aromatic rings. The third kappa shape index (κ3) is 3.03. The number of carboxylic acid groups (broad SMARTS) is 1. The van der Waals surface area contributed by atoms with Crippen LogP contribution in [0.2, 0.25) is 0 Å². The predicted molar refractivity (Wildman–Crippen MR) is 81.7 cm³/mol. The third-order valence-electron chi connectivity index (χ3n) is 3.71. The van der Waals surface area contributed by atoms with Gasteiger partial charge in [-0.2, -0.15) is 0 Å². The summed E-state index contributed by atoms with van der Waals surface area (Å²) in [6.07, 6.45) is 3.97. The molecule has 1 N–H and O–H groups in total. The van der Waals surface area contributed by atoms with Crippen LogP contribution in [0.25, 0.3) is 11.2 Å². The molecule has 3 heterocycles. The van der Waals surface area contributed by atoms with Crippen molar-refractivity contribution in [3.8, 4) is 0 Å². The number of rotatable bonds is 4. The Morgan fingerprint density at radius 2 is 2.43 bits per heavy atom. The van der Waals surface area contributed by atoms with Crippen LogP contribution in [0.15, 0.2) is 23.5 Å². The molecule has 0 aromatic carbocycles. The van der Waals surface area contributed by atoms with Gasteiger partial charge in [-0.15, -0.1) is 0 Å². The highest BCUT2D eigenvalue weighted by Gasteiger charge is 2.24. The van der Waals surface area contributed by atoms with Crippen molar-refractivity contribution in [1.82, 2.24) is 19.4 Å². The summed E-state index contributed by atoms with van der Waals surface area (Å²) in [6.45, 7) is 2.05. The SMILES string of the molecule is CN1CCCC(n2c(SCC(=O)O)nc3cccnc32)C1. The first-order valence-electron chi connectivity index (χ1n) is 7.01. The first-order valence-corrected chi connectivity index (χ1v) is 8.00. The Morgan fingerprint density at radius 1 is 1.57 bits per heavy atom. The minimum Gasteiger partial charge on any atom is -0.481 e. The van der Waals surface area contributed by atoms with Crippen molar-refractivity contribution in [2.45, 2.75) is 24.0 Å². The smallest absolute Gasteiger partial charge is 0.313 e. The number of likely N-dealkylation sites (tertiary alicyclic amines) is 1. The molecule has 21 heavy (non-hydrogen) atoms. The summed E-state index contributed by atoms with van der Waals surface area (Å²) in [7, 11) is 2.11. The van der Waals surface area contributed by atoms with Gasteiger partial charge >= 0.3 is 5.97 Å². The van der Waals surface area contributed by atoms with Gasteiger partial charge in [-0.25, -0.2) is 9.97 Å². The highest BCUT2D eigenvalue weighted by Crippen LogP contribution is 2.30. The third-order valence-corrected chi connectivity index (χ3v) is 4.64. The van der Waals surface area contributed by atoms with E-state index in [-0.39, 0.29) is 5.75 Å². The number of pyridine rings is 1. The number of hydrogen-bond acceptors (Lipinski definition) is 5. The van der Waals surface area contributed by atoms with Crippen LogP contribution in [0.1, 0.15) is 18.9 Å². The Kier molecular flexibility index (Phi) is 4.12. The predicted octanol–water partition coefficient (Wildman–Crippen LogP) is 1.87. The van der Waals surface area contributed by atoms with Crippen molar-refractivity contribution in [2.75, 3.05) is 25.9 Å². The fraction of sp³-hybridized carbons (Fsp3) is 0.500. The second-order valence-electron chi connectivity index (χ2n) is 5.35. The molecule has 0 bridgehead atoms. The Bertz CT molecular complexity index is 657. The van der Waals surface area contributed by atoms with Crippen LogP contribution in [-0.2, 0) is 4.79 Å². The minimum absolute atomic E-state index is 0.0197. The fourth-order valence-corrected chi connectivity index (χ4v) is 3.61. The fourth-order valence-electron chi connectivity index (χ4n) is 2.82. The first-order chi connectivity index (χ1) is 10.1. The molecule has 1 atom stereocenters. The van der Waals surface area contributed by atoms with Gasteiger partial charge in [0.25, 0.3) is 0 Å². The molecular formula is C14H18N4O2S. The van der Waals surface area contributed by atoms with E-state index < -0.39 is 5.97 Å². The van der Waals surface area contributed by atoms with E-state index >= 15 is 0 Å². The van der Waals surface area contributed by atoms with E-state index in [4.69, 9.17) is 5.11 Å². The highest BCUT2D eigenvalue weighted by atomic mass is 32.2. The first kappa shape index (κ1) is 14.3. The van der Waals surface area contributed by atoms with Gasteiger partial charge in [0.05, 0.1) is 11.8 Å². The van der Waals surface area contributed by atoms with E-state index in [0.717, 1.165) is 42.3 Å². The highest BCUT2D eigenvalue weighted by molar-refractivity contribution is 7.99. The van der Waals surface area contributed by atoms with Crippen LogP contribution in [0.3, 0.4) is 0 Å². The summed E-state index contributed by atoms with van der Waals surface area (Å²) in [5.41, 5.74) is 1.68. The molecule has 6 nitrogen and oxygen atoms in total. The average Bonchev–Trinajstić information content (AvgIpc) is 2.83. The van der Waals surface area contributed by atoms with Crippen LogP contribution in [0.5, 0.6) is 0 Å². The summed E-state index contributed by atoms with van der Waals surface area (Å²) in [5.74, 6) is -0.807. The largest absolute Gasteiger partial charge is 0.481 e. The Hall–Kier alpha value is -1.60. The zero-order valence-electron chi connectivity index (χ0n) is 11.9. The Morgan fingerprint density at radius 3 is 3.19 bits per heavy atom. The molecule has 0 radical (unpaired) electrons. The lowest BCUT2D eigenvalue weighted by Crippen LogP contribution is -2.33. The lowest BCUT2D eigenvalue weighted by molar-refractivity contribution is -0.133. The number of carboxylic acids is 1. The van der Waals surface area contributed by atoms with E-state index in [0.29, 0.717) is 6.04 Å². The summed E-state index contributed by atoms with van der Waals surface area (Å²) in [5, 5.41) is 9.67. The van der Waals surface area contributed by atoms with Gasteiger partial charge < -0.3 is 10.0 Å². The van der Waals surface area contributed by atoms with Crippen LogP contribution in [0, 0.1) is 0 Å². The number of likely N-dealkylation sites (N-methyl/N-ethyl adjacent to an activating group) is 1. The van der Waals surface area contributed by atoms with Gasteiger partial charge in [0, 0.05) is 12.7 Å². The molecule has 3 rings (SSSR count). The number of fused-ring (bicyclic) bond motifs is 1. The second kappa shape index (κ2) is 6.03. The van der Waals surface area contributed by atoms with Gasteiger partial charge in [-0.1, -0.05) is 11.8 Å². The van der Waals surface area contributed by atoms with Crippen molar-refractivity contribution >= 4 is 28.9 Å². The maximum Gasteiger partial charge on any atom is 0.313 e.